The first-order valence-corrected chi connectivity index (χ1v) is 6.77. The molecular weight excluding hydrogens is 248 g/mol. The van der Waals surface area contributed by atoms with E-state index < -0.39 is 0 Å². The van der Waals surface area contributed by atoms with Gasteiger partial charge in [0.05, 0.1) is 0 Å². The number of nitrogens with two attached hydrogens (primary N) is 1. The molecule has 0 aliphatic heterocycles. The summed E-state index contributed by atoms with van der Waals surface area (Å²) >= 11 is 0. The highest BCUT2D eigenvalue weighted by Crippen LogP contribution is 2.13. The van der Waals surface area contributed by atoms with Gasteiger partial charge in [0.2, 0.25) is 0 Å². The molecule has 1 amide bonds. The summed E-state index contributed by atoms with van der Waals surface area (Å²) in [5, 5.41) is 3.01. The summed E-state index contributed by atoms with van der Waals surface area (Å²) in [6.45, 7) is 3.91. The van der Waals surface area contributed by atoms with E-state index in [0.717, 1.165) is 12.0 Å². The van der Waals surface area contributed by atoms with Crippen molar-refractivity contribution in [3.05, 3.63) is 65.2 Å². The van der Waals surface area contributed by atoms with E-state index in [2.05, 4.69) is 17.4 Å². The van der Waals surface area contributed by atoms with Crippen molar-refractivity contribution >= 4 is 11.6 Å². The molecule has 20 heavy (non-hydrogen) atoms. The Morgan fingerprint density at radius 2 is 1.90 bits per heavy atom. The molecule has 0 saturated heterocycles. The van der Waals surface area contributed by atoms with Gasteiger partial charge >= 0.3 is 0 Å². The maximum Gasteiger partial charge on any atom is 0.251 e. The number of carbonyl (C=O) groups excluding carboxylic acids is 1. The van der Waals surface area contributed by atoms with Crippen LogP contribution in [0.3, 0.4) is 0 Å². The number of aryl methyl sites for hydroxylation is 1. The molecule has 0 radical (unpaired) electrons. The number of hydrogen-bond acceptors (Lipinski definition) is 2. The molecule has 0 aliphatic rings. The minimum atomic E-state index is -0.0588. The largest absolute Gasteiger partial charge is 0.399 e. The SMILES string of the molecule is Cc1cc(C(=O)N[C@@H](C)Cc2ccccc2)ccc1N. The molecule has 3 heteroatoms. The van der Waals surface area contributed by atoms with Crippen LogP contribution in [-0.4, -0.2) is 11.9 Å². The molecule has 0 aliphatic carbocycles. The first kappa shape index (κ1) is 14.1. The molecule has 0 heterocycles. The third-order valence-corrected chi connectivity index (χ3v) is 3.29. The lowest BCUT2D eigenvalue weighted by Crippen LogP contribution is -2.34. The van der Waals surface area contributed by atoms with Crippen molar-refractivity contribution in [2.24, 2.45) is 0 Å². The van der Waals surface area contributed by atoms with E-state index in [9.17, 15) is 4.79 Å². The molecule has 0 saturated carbocycles. The molecule has 0 fully saturated rings. The van der Waals surface area contributed by atoms with Crippen LogP contribution in [-0.2, 0) is 6.42 Å². The Kier molecular flexibility index (Phi) is 4.41. The smallest absolute Gasteiger partial charge is 0.251 e. The van der Waals surface area contributed by atoms with Crippen LogP contribution in [0.2, 0.25) is 0 Å². The third kappa shape index (κ3) is 3.60. The number of rotatable bonds is 4. The topological polar surface area (TPSA) is 55.1 Å². The second kappa shape index (κ2) is 6.24. The number of nitrogen functional groups attached to an aromatic ring is 1. The fraction of sp³-hybridized carbons (Fsp3) is 0.235. The van der Waals surface area contributed by atoms with Gasteiger partial charge in [0, 0.05) is 17.3 Å². The van der Waals surface area contributed by atoms with Crippen molar-refractivity contribution in [1.29, 1.82) is 0 Å². The Morgan fingerprint density at radius 3 is 2.55 bits per heavy atom. The lowest BCUT2D eigenvalue weighted by atomic mass is 10.1. The van der Waals surface area contributed by atoms with Crippen LogP contribution in [0.5, 0.6) is 0 Å². The molecule has 2 rings (SSSR count). The van der Waals surface area contributed by atoms with Gasteiger partial charge in [0.1, 0.15) is 0 Å². The fourth-order valence-corrected chi connectivity index (χ4v) is 2.14. The first-order chi connectivity index (χ1) is 9.56. The second-order valence-corrected chi connectivity index (χ2v) is 5.14. The van der Waals surface area contributed by atoms with Crippen LogP contribution in [0.1, 0.15) is 28.4 Å². The lowest BCUT2D eigenvalue weighted by molar-refractivity contribution is 0.0940. The van der Waals surface area contributed by atoms with E-state index in [1.54, 1.807) is 12.1 Å². The van der Waals surface area contributed by atoms with Crippen molar-refractivity contribution in [3.8, 4) is 0 Å². The predicted octanol–water partition coefficient (Wildman–Crippen LogP) is 2.94. The van der Waals surface area contributed by atoms with E-state index in [-0.39, 0.29) is 11.9 Å². The van der Waals surface area contributed by atoms with Crippen LogP contribution in [0, 0.1) is 6.92 Å². The highest BCUT2D eigenvalue weighted by atomic mass is 16.1. The zero-order valence-corrected chi connectivity index (χ0v) is 11.9. The molecule has 0 spiro atoms. The Balaban J connectivity index is 1.98. The van der Waals surface area contributed by atoms with Crippen molar-refractivity contribution in [1.82, 2.24) is 5.32 Å². The highest BCUT2D eigenvalue weighted by molar-refractivity contribution is 5.95. The van der Waals surface area contributed by atoms with Gasteiger partial charge < -0.3 is 11.1 Å². The van der Waals surface area contributed by atoms with E-state index in [0.29, 0.717) is 11.3 Å². The van der Waals surface area contributed by atoms with Crippen molar-refractivity contribution in [2.75, 3.05) is 5.73 Å². The third-order valence-electron chi connectivity index (χ3n) is 3.29. The van der Waals surface area contributed by atoms with Gasteiger partial charge in [0.15, 0.2) is 0 Å². The number of carbonyl (C=O) groups is 1. The van der Waals surface area contributed by atoms with Gasteiger partial charge in [-0.2, -0.15) is 0 Å². The van der Waals surface area contributed by atoms with Crippen LogP contribution < -0.4 is 11.1 Å². The lowest BCUT2D eigenvalue weighted by Gasteiger charge is -2.14. The second-order valence-electron chi connectivity index (χ2n) is 5.14. The average molecular weight is 268 g/mol. The van der Waals surface area contributed by atoms with Crippen LogP contribution >= 0.6 is 0 Å². The quantitative estimate of drug-likeness (QED) is 0.838. The van der Waals surface area contributed by atoms with E-state index in [4.69, 9.17) is 5.73 Å². The number of benzene rings is 2. The fourth-order valence-electron chi connectivity index (χ4n) is 2.14. The molecule has 1 atom stereocenters. The Labute approximate surface area is 119 Å². The zero-order chi connectivity index (χ0) is 14.5. The summed E-state index contributed by atoms with van der Waals surface area (Å²) in [6.07, 6.45) is 0.820. The highest BCUT2D eigenvalue weighted by Gasteiger charge is 2.11. The van der Waals surface area contributed by atoms with Crippen LogP contribution in [0.4, 0.5) is 5.69 Å². The molecular formula is C17H20N2O. The minimum absolute atomic E-state index is 0.0588. The summed E-state index contributed by atoms with van der Waals surface area (Å²) < 4.78 is 0. The number of anilines is 1. The average Bonchev–Trinajstić information content (AvgIpc) is 2.42. The standard InChI is InChI=1S/C17H20N2O/c1-12-10-15(8-9-16(12)18)17(20)19-13(2)11-14-6-4-3-5-7-14/h3-10,13H,11,18H2,1-2H3,(H,19,20)/t13-/m0/s1. The van der Waals surface area contributed by atoms with E-state index in [1.165, 1.54) is 5.56 Å². The van der Waals surface area contributed by atoms with Crippen LogP contribution in [0.15, 0.2) is 48.5 Å². The predicted molar refractivity (Wildman–Crippen MR) is 82.7 cm³/mol. The molecule has 2 aromatic carbocycles. The number of hydrogen-bond donors (Lipinski definition) is 2. The molecule has 3 nitrogen and oxygen atoms in total. The van der Waals surface area contributed by atoms with E-state index in [1.807, 2.05) is 38.1 Å². The van der Waals surface area contributed by atoms with Crippen molar-refractivity contribution in [2.45, 2.75) is 26.3 Å². The zero-order valence-electron chi connectivity index (χ0n) is 11.9. The van der Waals surface area contributed by atoms with Gasteiger partial charge in [-0.25, -0.2) is 0 Å². The maximum absolute atomic E-state index is 12.2. The Morgan fingerprint density at radius 1 is 1.20 bits per heavy atom. The van der Waals surface area contributed by atoms with Gasteiger partial charge in [-0.1, -0.05) is 30.3 Å². The first-order valence-electron chi connectivity index (χ1n) is 6.77. The molecule has 3 N–H and O–H groups in total. The maximum atomic E-state index is 12.2. The van der Waals surface area contributed by atoms with Gasteiger partial charge in [-0.15, -0.1) is 0 Å². The summed E-state index contributed by atoms with van der Waals surface area (Å²) in [4.78, 5) is 12.2. The molecule has 2 aromatic rings. The van der Waals surface area contributed by atoms with Gasteiger partial charge in [-0.05, 0) is 49.6 Å². The van der Waals surface area contributed by atoms with Crippen molar-refractivity contribution in [3.63, 3.8) is 0 Å². The Bertz CT molecular complexity index is 593. The summed E-state index contributed by atoms with van der Waals surface area (Å²) in [6, 6.07) is 15.6. The van der Waals surface area contributed by atoms with Crippen molar-refractivity contribution < 1.29 is 4.79 Å². The van der Waals surface area contributed by atoms with Gasteiger partial charge in [-0.3, -0.25) is 4.79 Å². The Hall–Kier alpha value is -2.29. The number of nitrogens with one attached hydrogen (secondary N) is 1. The van der Waals surface area contributed by atoms with Crippen LogP contribution in [0.25, 0.3) is 0 Å². The van der Waals surface area contributed by atoms with E-state index >= 15 is 0 Å². The molecule has 0 unspecified atom stereocenters. The minimum Gasteiger partial charge on any atom is -0.399 e. The molecule has 104 valence electrons. The van der Waals surface area contributed by atoms with Gasteiger partial charge in [0.25, 0.3) is 5.91 Å². The normalized spacial score (nSPS) is 11.9. The monoisotopic (exact) mass is 268 g/mol. The molecule has 0 aromatic heterocycles. The summed E-state index contributed by atoms with van der Waals surface area (Å²) in [5.74, 6) is -0.0588. The summed E-state index contributed by atoms with van der Waals surface area (Å²) in [7, 11) is 0. The summed E-state index contributed by atoms with van der Waals surface area (Å²) in [5.41, 5.74) is 9.26. The number of amides is 1. The molecule has 0 bridgehead atoms.